The number of ether oxygens (including phenoxy) is 1. The van der Waals surface area contributed by atoms with Gasteiger partial charge in [-0.25, -0.2) is 4.79 Å². The number of aryl methyl sites for hydroxylation is 1. The molecule has 0 aromatic heterocycles. The van der Waals surface area contributed by atoms with Gasteiger partial charge in [-0.05, 0) is 44.6 Å². The first kappa shape index (κ1) is 19.9. The number of methoxy groups -OCH3 is 1. The summed E-state index contributed by atoms with van der Waals surface area (Å²) in [6, 6.07) is 8.80. The van der Waals surface area contributed by atoms with Crippen LogP contribution in [0, 0.1) is 0 Å². The van der Waals surface area contributed by atoms with Crippen molar-refractivity contribution in [2.24, 2.45) is 0 Å². The molecule has 1 saturated heterocycles. The zero-order valence-corrected chi connectivity index (χ0v) is 15.6. The molecule has 26 heavy (non-hydrogen) atoms. The maximum Gasteiger partial charge on any atom is 0.328 e. The molecule has 1 fully saturated rings. The smallest absolute Gasteiger partial charge is 0.328 e. The predicted octanol–water partition coefficient (Wildman–Crippen LogP) is 2.07. The number of benzene rings is 1. The number of rotatable bonds is 7. The molecule has 1 aromatic carbocycles. The lowest BCUT2D eigenvalue weighted by Gasteiger charge is -2.35. The molecule has 0 spiro atoms. The van der Waals surface area contributed by atoms with Crippen molar-refractivity contribution < 1.29 is 19.1 Å². The van der Waals surface area contributed by atoms with Gasteiger partial charge in [-0.3, -0.25) is 9.59 Å². The number of likely N-dealkylation sites (tertiary alicyclic amines) is 1. The molecule has 142 valence electrons. The van der Waals surface area contributed by atoms with Gasteiger partial charge in [0.2, 0.25) is 11.8 Å². The van der Waals surface area contributed by atoms with Gasteiger partial charge in [-0.2, -0.15) is 0 Å². The van der Waals surface area contributed by atoms with Gasteiger partial charge < -0.3 is 15.0 Å². The third kappa shape index (κ3) is 5.58. The van der Waals surface area contributed by atoms with Crippen molar-refractivity contribution in [1.29, 1.82) is 0 Å². The molecule has 1 aromatic rings. The Balaban J connectivity index is 1.81. The minimum Gasteiger partial charge on any atom is -0.467 e. The molecule has 6 nitrogen and oxygen atoms in total. The number of amides is 2. The number of nitrogens with zero attached hydrogens (tertiary/aromatic N) is 1. The summed E-state index contributed by atoms with van der Waals surface area (Å²) in [5, 5.41) is 2.76. The molecule has 0 saturated carbocycles. The number of carbonyl (C=O) groups is 3. The lowest BCUT2D eigenvalue weighted by molar-refractivity contribution is -0.155. The third-order valence-electron chi connectivity index (χ3n) is 4.72. The van der Waals surface area contributed by atoms with E-state index in [1.807, 2.05) is 30.3 Å². The summed E-state index contributed by atoms with van der Waals surface area (Å²) in [4.78, 5) is 38.2. The van der Waals surface area contributed by atoms with Gasteiger partial charge in [-0.15, -0.1) is 0 Å². The van der Waals surface area contributed by atoms with Crippen molar-refractivity contribution in [3.05, 3.63) is 35.9 Å². The second kappa shape index (κ2) is 9.94. The lowest BCUT2D eigenvalue weighted by Crippen LogP contribution is -2.54. The van der Waals surface area contributed by atoms with Crippen LogP contribution in [0.2, 0.25) is 0 Å². The average molecular weight is 360 g/mol. The molecular weight excluding hydrogens is 332 g/mol. The molecule has 1 unspecified atom stereocenters. The summed E-state index contributed by atoms with van der Waals surface area (Å²) in [6.07, 6.45) is 4.28. The van der Waals surface area contributed by atoms with E-state index in [1.165, 1.54) is 12.7 Å². The van der Waals surface area contributed by atoms with E-state index in [1.54, 1.807) is 11.8 Å². The third-order valence-corrected chi connectivity index (χ3v) is 4.72. The Kier molecular flexibility index (Phi) is 7.63. The maximum atomic E-state index is 12.7. The van der Waals surface area contributed by atoms with E-state index in [0.717, 1.165) is 25.7 Å². The minimum absolute atomic E-state index is 0.145. The molecule has 1 aliphatic rings. The molecule has 2 rings (SSSR count). The molecule has 2 amide bonds. The van der Waals surface area contributed by atoms with Crippen molar-refractivity contribution in [1.82, 2.24) is 10.2 Å². The van der Waals surface area contributed by atoms with Crippen LogP contribution in [0.25, 0.3) is 0 Å². The van der Waals surface area contributed by atoms with E-state index >= 15 is 0 Å². The summed E-state index contributed by atoms with van der Waals surface area (Å²) >= 11 is 0. The van der Waals surface area contributed by atoms with Gasteiger partial charge in [0, 0.05) is 13.0 Å². The van der Waals surface area contributed by atoms with Crippen LogP contribution in [0.15, 0.2) is 30.3 Å². The van der Waals surface area contributed by atoms with Gasteiger partial charge in [-0.1, -0.05) is 30.3 Å². The molecule has 1 heterocycles. The van der Waals surface area contributed by atoms with Crippen molar-refractivity contribution in [3.63, 3.8) is 0 Å². The molecule has 2 atom stereocenters. The number of hydrogen-bond acceptors (Lipinski definition) is 4. The second-order valence-electron chi connectivity index (χ2n) is 6.69. The fourth-order valence-electron chi connectivity index (χ4n) is 3.30. The van der Waals surface area contributed by atoms with Crippen LogP contribution in [0.1, 0.15) is 44.6 Å². The number of nitrogens with one attached hydrogen (secondary N) is 1. The van der Waals surface area contributed by atoms with Crippen LogP contribution < -0.4 is 5.32 Å². The van der Waals surface area contributed by atoms with Gasteiger partial charge in [0.15, 0.2) is 0 Å². The maximum absolute atomic E-state index is 12.7. The topological polar surface area (TPSA) is 75.7 Å². The highest BCUT2D eigenvalue weighted by Crippen LogP contribution is 2.19. The SMILES string of the molecule is COC(=O)[C@@H]1CCCCN1C(=O)C(C)NC(=O)CCCc1ccccc1. The Bertz CT molecular complexity index is 617. The van der Waals surface area contributed by atoms with Crippen LogP contribution in [-0.2, 0) is 25.5 Å². The van der Waals surface area contributed by atoms with E-state index in [2.05, 4.69) is 5.32 Å². The average Bonchev–Trinajstić information content (AvgIpc) is 2.67. The van der Waals surface area contributed by atoms with Crippen molar-refractivity contribution in [2.75, 3.05) is 13.7 Å². The zero-order valence-electron chi connectivity index (χ0n) is 15.6. The molecule has 6 heteroatoms. The zero-order chi connectivity index (χ0) is 18.9. The van der Waals surface area contributed by atoms with Gasteiger partial charge in [0.1, 0.15) is 12.1 Å². The van der Waals surface area contributed by atoms with Crippen molar-refractivity contribution in [3.8, 4) is 0 Å². The first-order valence-corrected chi connectivity index (χ1v) is 9.24. The van der Waals surface area contributed by atoms with E-state index in [4.69, 9.17) is 4.74 Å². The quantitative estimate of drug-likeness (QED) is 0.755. The summed E-state index contributed by atoms with van der Waals surface area (Å²) in [7, 11) is 1.33. The monoisotopic (exact) mass is 360 g/mol. The van der Waals surface area contributed by atoms with Crippen LogP contribution >= 0.6 is 0 Å². The Morgan fingerprint density at radius 1 is 1.23 bits per heavy atom. The normalized spacial score (nSPS) is 18.1. The van der Waals surface area contributed by atoms with Crippen molar-refractivity contribution in [2.45, 2.75) is 57.5 Å². The standard InChI is InChI=1S/C20H28N2O4/c1-15(19(24)22-14-7-6-12-17(22)20(25)26-2)21-18(23)13-8-11-16-9-4-3-5-10-16/h3-5,9-10,15,17H,6-8,11-14H2,1-2H3,(H,21,23)/t15?,17-/m0/s1. The van der Waals surface area contributed by atoms with E-state index in [-0.39, 0.29) is 17.8 Å². The molecule has 0 bridgehead atoms. The largest absolute Gasteiger partial charge is 0.467 e. The van der Waals surface area contributed by atoms with Crippen molar-refractivity contribution >= 4 is 17.8 Å². The van der Waals surface area contributed by atoms with Crippen LogP contribution in [0.3, 0.4) is 0 Å². The molecule has 1 aliphatic heterocycles. The molecule has 0 aliphatic carbocycles. The van der Waals surface area contributed by atoms with Gasteiger partial charge in [0.05, 0.1) is 7.11 Å². The highest BCUT2D eigenvalue weighted by atomic mass is 16.5. The Morgan fingerprint density at radius 2 is 1.96 bits per heavy atom. The van der Waals surface area contributed by atoms with E-state index in [0.29, 0.717) is 19.4 Å². The fourth-order valence-corrected chi connectivity index (χ4v) is 3.30. The molecule has 1 N–H and O–H groups in total. The Hall–Kier alpha value is -2.37. The highest BCUT2D eigenvalue weighted by molar-refractivity contribution is 5.90. The molecule has 0 radical (unpaired) electrons. The van der Waals surface area contributed by atoms with Crippen LogP contribution in [-0.4, -0.2) is 48.4 Å². The van der Waals surface area contributed by atoms with E-state index < -0.39 is 12.1 Å². The number of carbonyl (C=O) groups excluding carboxylic acids is 3. The number of esters is 1. The van der Waals surface area contributed by atoms with Gasteiger partial charge in [0.25, 0.3) is 0 Å². The summed E-state index contributed by atoms with van der Waals surface area (Å²) < 4.78 is 4.81. The van der Waals surface area contributed by atoms with Gasteiger partial charge >= 0.3 is 5.97 Å². The van der Waals surface area contributed by atoms with E-state index in [9.17, 15) is 14.4 Å². The fraction of sp³-hybridized carbons (Fsp3) is 0.550. The van der Waals surface area contributed by atoms with Crippen LogP contribution in [0.5, 0.6) is 0 Å². The Morgan fingerprint density at radius 3 is 2.65 bits per heavy atom. The van der Waals surface area contributed by atoms with Crippen LogP contribution in [0.4, 0.5) is 0 Å². The first-order valence-electron chi connectivity index (χ1n) is 9.24. The number of piperidine rings is 1. The predicted molar refractivity (Wildman–Crippen MR) is 98.4 cm³/mol. The molecular formula is C20H28N2O4. The number of hydrogen-bond donors (Lipinski definition) is 1. The second-order valence-corrected chi connectivity index (χ2v) is 6.69. The summed E-state index contributed by atoms with van der Waals surface area (Å²) in [6.45, 7) is 2.19. The summed E-state index contributed by atoms with van der Waals surface area (Å²) in [5.74, 6) is -0.760. The Labute approximate surface area is 154 Å². The lowest BCUT2D eigenvalue weighted by atomic mass is 10.0. The highest BCUT2D eigenvalue weighted by Gasteiger charge is 2.35. The summed E-state index contributed by atoms with van der Waals surface area (Å²) in [5.41, 5.74) is 1.19. The first-order chi connectivity index (χ1) is 12.5. The minimum atomic E-state index is -0.649.